The molecule has 3 aromatic rings. The Hall–Kier alpha value is -3.87. The predicted molar refractivity (Wildman–Crippen MR) is 162 cm³/mol. The van der Waals surface area contributed by atoms with E-state index in [0.717, 1.165) is 31.5 Å². The van der Waals surface area contributed by atoms with E-state index in [9.17, 15) is 22.8 Å². The maximum absolute atomic E-state index is 13.4. The van der Waals surface area contributed by atoms with Crippen LogP contribution in [0.2, 0.25) is 10.0 Å². The average molecular weight is 656 g/mol. The summed E-state index contributed by atoms with van der Waals surface area (Å²) in [6.45, 7) is 6.64. The van der Waals surface area contributed by atoms with Gasteiger partial charge in [-0.1, -0.05) is 43.1 Å². The van der Waals surface area contributed by atoms with Gasteiger partial charge in [-0.15, -0.1) is 0 Å². The highest BCUT2D eigenvalue weighted by Gasteiger charge is 2.38. The number of carbonyl (C=O) groups is 3. The minimum absolute atomic E-state index is 0.201. The Labute approximate surface area is 262 Å². The summed E-state index contributed by atoms with van der Waals surface area (Å²) in [5.74, 6) is -2.09. The molecule has 236 valence electrons. The molecule has 44 heavy (non-hydrogen) atoms. The molecule has 1 aliphatic heterocycles. The average Bonchev–Trinajstić information content (AvgIpc) is 2.98. The van der Waals surface area contributed by atoms with E-state index in [1.165, 1.54) is 12.3 Å². The Kier molecular flexibility index (Phi) is 12.4. The molecule has 0 spiro atoms. The summed E-state index contributed by atoms with van der Waals surface area (Å²) in [6, 6.07) is 13.5. The summed E-state index contributed by atoms with van der Waals surface area (Å²) >= 11 is 12.1. The van der Waals surface area contributed by atoms with E-state index in [1.807, 2.05) is 12.1 Å². The Morgan fingerprint density at radius 1 is 1.02 bits per heavy atom. The van der Waals surface area contributed by atoms with E-state index < -0.39 is 18.1 Å². The number of anilines is 2. The summed E-state index contributed by atoms with van der Waals surface area (Å²) in [6.07, 6.45) is -1.45. The highest BCUT2D eigenvalue weighted by molar-refractivity contribution is 6.31. The second-order valence-corrected chi connectivity index (χ2v) is 11.1. The lowest BCUT2D eigenvalue weighted by atomic mass is 9.99. The van der Waals surface area contributed by atoms with Gasteiger partial charge in [0.05, 0.1) is 28.4 Å². The first-order valence-electron chi connectivity index (χ1n) is 13.6. The van der Waals surface area contributed by atoms with Crippen LogP contribution in [-0.4, -0.2) is 53.7 Å². The van der Waals surface area contributed by atoms with E-state index in [0.29, 0.717) is 45.4 Å². The van der Waals surface area contributed by atoms with Gasteiger partial charge in [-0.3, -0.25) is 9.59 Å². The fourth-order valence-corrected chi connectivity index (χ4v) is 4.40. The monoisotopic (exact) mass is 654 g/mol. The summed E-state index contributed by atoms with van der Waals surface area (Å²) < 4.78 is 37.9. The molecule has 9 nitrogen and oxygen atoms in total. The van der Waals surface area contributed by atoms with Gasteiger partial charge >= 0.3 is 12.1 Å². The Bertz CT molecular complexity index is 1460. The van der Waals surface area contributed by atoms with Crippen molar-refractivity contribution in [2.75, 3.05) is 30.3 Å². The van der Waals surface area contributed by atoms with Crippen molar-refractivity contribution in [1.29, 1.82) is 0 Å². The zero-order valence-corrected chi connectivity index (χ0v) is 25.3. The molecule has 1 fully saturated rings. The number of hydrogen-bond donors (Lipinski definition) is 4. The van der Waals surface area contributed by atoms with Crippen molar-refractivity contribution in [3.63, 3.8) is 0 Å². The number of carboxylic acid groups (broad SMARTS) is 1. The van der Waals surface area contributed by atoms with Crippen molar-refractivity contribution in [2.45, 2.75) is 38.8 Å². The zero-order valence-electron chi connectivity index (χ0n) is 23.8. The quantitative estimate of drug-likeness (QED) is 0.205. The number of halogens is 5. The molecule has 1 unspecified atom stereocenters. The predicted octanol–water partition coefficient (Wildman–Crippen LogP) is 7.03. The number of ether oxygens (including phenoxy) is 1. The normalized spacial score (nSPS) is 14.7. The second-order valence-electron chi connectivity index (χ2n) is 10.2. The summed E-state index contributed by atoms with van der Waals surface area (Å²) in [5, 5.41) is 16.9. The molecule has 1 aromatic heterocycles. The topological polar surface area (TPSA) is 130 Å². The van der Waals surface area contributed by atoms with Crippen molar-refractivity contribution in [1.82, 2.24) is 10.3 Å². The third-order valence-electron chi connectivity index (χ3n) is 6.48. The number of carboxylic acids is 1. The Morgan fingerprint density at radius 2 is 1.70 bits per heavy atom. The zero-order chi connectivity index (χ0) is 32.4. The van der Waals surface area contributed by atoms with Crippen LogP contribution in [0, 0.1) is 5.92 Å². The first-order chi connectivity index (χ1) is 20.7. The lowest BCUT2D eigenvalue weighted by Crippen LogP contribution is -2.33. The van der Waals surface area contributed by atoms with Gasteiger partial charge in [0.25, 0.3) is 11.8 Å². The number of hydrogen-bond acceptors (Lipinski definition) is 6. The van der Waals surface area contributed by atoms with Crippen LogP contribution in [-0.2, 0) is 4.79 Å². The van der Waals surface area contributed by atoms with E-state index in [2.05, 4.69) is 34.8 Å². The maximum atomic E-state index is 13.4. The smallest absolute Gasteiger partial charge is 0.490 e. The molecule has 2 aromatic carbocycles. The highest BCUT2D eigenvalue weighted by Crippen LogP contribution is 2.29. The number of nitrogens with zero attached hydrogens (tertiary/aromatic N) is 1. The van der Waals surface area contributed by atoms with Crippen molar-refractivity contribution < 1.29 is 37.4 Å². The molecule has 1 atom stereocenters. The van der Waals surface area contributed by atoms with Crippen LogP contribution in [0.25, 0.3) is 0 Å². The fraction of sp³-hybridized carbons (Fsp3) is 0.333. The third-order valence-corrected chi connectivity index (χ3v) is 6.94. The number of benzene rings is 2. The number of carbonyl (C=O) groups excluding carboxylic acids is 2. The Balaban J connectivity index is 0.000000676. The fourth-order valence-electron chi connectivity index (χ4n) is 4.12. The second kappa shape index (κ2) is 15.7. The molecule has 14 heteroatoms. The summed E-state index contributed by atoms with van der Waals surface area (Å²) in [5.41, 5.74) is 1.99. The largest absolute Gasteiger partial charge is 0.492 e. The SMILES string of the molecule is CC(C)c1ccc(C(=O)Nc2ccc(Cl)cc2C(=O)Nc2ccc(Cl)cn2)c(OCC2CCCNC2)c1.O=C(O)C(F)(F)F. The van der Waals surface area contributed by atoms with Crippen LogP contribution in [0.15, 0.2) is 54.7 Å². The van der Waals surface area contributed by atoms with Crippen LogP contribution >= 0.6 is 23.2 Å². The first kappa shape index (κ1) is 34.6. The number of pyridine rings is 1. The standard InChI is InChI=1S/C28H30Cl2N4O3.C2HF3O2/c1-17(2)19-5-8-22(25(12-19)37-16-18-4-3-11-31-14-18)27(35)33-24-9-6-20(29)13-23(24)28(36)34-26-10-7-21(30)15-32-26;3-2(4,5)1(6)7/h5-10,12-13,15,17-18,31H,3-4,11,14,16H2,1-2H3,(H,33,35)(H,32,34,36);(H,6,7). The van der Waals surface area contributed by atoms with Crippen LogP contribution < -0.4 is 20.7 Å². The van der Waals surface area contributed by atoms with Crippen LogP contribution in [0.1, 0.15) is 58.9 Å². The third kappa shape index (κ3) is 10.4. The summed E-state index contributed by atoms with van der Waals surface area (Å²) in [4.78, 5) is 39.4. The lowest BCUT2D eigenvalue weighted by molar-refractivity contribution is -0.192. The van der Waals surface area contributed by atoms with Crippen molar-refractivity contribution in [3.8, 4) is 5.75 Å². The number of piperidine rings is 1. The number of nitrogens with one attached hydrogen (secondary N) is 3. The molecular weight excluding hydrogens is 624 g/mol. The van der Waals surface area contributed by atoms with Crippen LogP contribution in [0.5, 0.6) is 5.75 Å². The Morgan fingerprint density at radius 3 is 2.30 bits per heavy atom. The number of rotatable bonds is 8. The maximum Gasteiger partial charge on any atom is 0.490 e. The molecule has 4 N–H and O–H groups in total. The van der Waals surface area contributed by atoms with Crippen molar-refractivity contribution >= 4 is 52.5 Å². The number of amides is 2. The van der Waals surface area contributed by atoms with Gasteiger partial charge in [0.1, 0.15) is 11.6 Å². The molecule has 1 saturated heterocycles. The highest BCUT2D eigenvalue weighted by atomic mass is 35.5. The van der Waals surface area contributed by atoms with Gasteiger partial charge in [-0.25, -0.2) is 9.78 Å². The van der Waals surface area contributed by atoms with Crippen molar-refractivity contribution in [2.24, 2.45) is 5.92 Å². The van der Waals surface area contributed by atoms with Gasteiger partial charge in [0, 0.05) is 23.7 Å². The van der Waals surface area contributed by atoms with Gasteiger partial charge < -0.3 is 25.8 Å². The molecule has 4 rings (SSSR count). The lowest BCUT2D eigenvalue weighted by Gasteiger charge is -2.24. The minimum Gasteiger partial charge on any atom is -0.492 e. The first-order valence-corrected chi connectivity index (χ1v) is 14.3. The van der Waals surface area contributed by atoms with Gasteiger partial charge in [0.15, 0.2) is 0 Å². The summed E-state index contributed by atoms with van der Waals surface area (Å²) in [7, 11) is 0. The van der Waals surface area contributed by atoms with Crippen molar-refractivity contribution in [3.05, 3.63) is 81.5 Å². The molecule has 0 radical (unpaired) electrons. The molecule has 0 aliphatic carbocycles. The van der Waals surface area contributed by atoms with Gasteiger partial charge in [-0.2, -0.15) is 13.2 Å². The van der Waals surface area contributed by atoms with Gasteiger partial charge in [0.2, 0.25) is 0 Å². The number of aromatic nitrogens is 1. The molecule has 0 bridgehead atoms. The minimum atomic E-state index is -5.08. The number of alkyl halides is 3. The van der Waals surface area contributed by atoms with Crippen LogP contribution in [0.4, 0.5) is 24.7 Å². The molecule has 0 saturated carbocycles. The molecule has 2 amide bonds. The molecular formula is C30H31Cl2F3N4O5. The molecule has 2 heterocycles. The van der Waals surface area contributed by atoms with E-state index >= 15 is 0 Å². The van der Waals surface area contributed by atoms with Crippen LogP contribution in [0.3, 0.4) is 0 Å². The van der Waals surface area contributed by atoms with Gasteiger partial charge in [-0.05, 0) is 73.3 Å². The molecule has 1 aliphatic rings. The van der Waals surface area contributed by atoms with E-state index in [-0.39, 0.29) is 17.4 Å². The number of aliphatic carboxylic acids is 1. The van der Waals surface area contributed by atoms with E-state index in [4.69, 9.17) is 37.8 Å². The van der Waals surface area contributed by atoms with E-state index in [1.54, 1.807) is 30.3 Å².